The summed E-state index contributed by atoms with van der Waals surface area (Å²) in [6, 6.07) is 0. The van der Waals surface area contributed by atoms with Crippen molar-refractivity contribution in [2.75, 3.05) is 6.54 Å². The van der Waals surface area contributed by atoms with Crippen LogP contribution >= 0.6 is 0 Å². The maximum absolute atomic E-state index is 4.22. The topological polar surface area (TPSA) is 12.4 Å². The first-order chi connectivity index (χ1) is 4.84. The monoisotopic (exact) mass is 139 g/mol. The molecule has 0 bridgehead atoms. The third kappa shape index (κ3) is 1.83. The molecule has 1 aliphatic heterocycles. The Morgan fingerprint density at radius 1 is 1.70 bits per heavy atom. The van der Waals surface area contributed by atoms with E-state index in [9.17, 15) is 0 Å². The zero-order valence-electron chi connectivity index (χ0n) is 7.01. The van der Waals surface area contributed by atoms with Crippen molar-refractivity contribution in [1.82, 2.24) is 0 Å². The summed E-state index contributed by atoms with van der Waals surface area (Å²) in [6.07, 6.45) is 5.94. The minimum atomic E-state index is 0.895. The third-order valence-corrected chi connectivity index (χ3v) is 2.61. The van der Waals surface area contributed by atoms with E-state index >= 15 is 0 Å². The third-order valence-electron chi connectivity index (χ3n) is 2.61. The molecule has 10 heavy (non-hydrogen) atoms. The molecule has 2 unspecified atom stereocenters. The molecule has 2 atom stereocenters. The number of aliphatic imine (C=N–C) groups is 1. The van der Waals surface area contributed by atoms with Crippen molar-refractivity contribution in [2.24, 2.45) is 16.8 Å². The van der Waals surface area contributed by atoms with Crippen LogP contribution in [0.3, 0.4) is 0 Å². The van der Waals surface area contributed by atoms with Gasteiger partial charge in [0.2, 0.25) is 0 Å². The van der Waals surface area contributed by atoms with Crippen LogP contribution in [0.4, 0.5) is 0 Å². The van der Waals surface area contributed by atoms with E-state index < -0.39 is 0 Å². The van der Waals surface area contributed by atoms with E-state index in [0.29, 0.717) is 0 Å². The lowest BCUT2D eigenvalue weighted by molar-refractivity contribution is 0.335. The normalized spacial score (nSPS) is 28.4. The molecule has 0 spiro atoms. The van der Waals surface area contributed by atoms with E-state index in [1.807, 2.05) is 0 Å². The summed E-state index contributed by atoms with van der Waals surface area (Å²) in [6.45, 7) is 5.69. The van der Waals surface area contributed by atoms with Gasteiger partial charge in [0.25, 0.3) is 0 Å². The summed E-state index contributed by atoms with van der Waals surface area (Å²) in [5, 5.41) is 0. The quantitative estimate of drug-likeness (QED) is 0.557. The van der Waals surface area contributed by atoms with Gasteiger partial charge in [-0.25, -0.2) is 0 Å². The van der Waals surface area contributed by atoms with E-state index in [1.54, 1.807) is 0 Å². The van der Waals surface area contributed by atoms with Gasteiger partial charge in [0.05, 0.1) is 0 Å². The van der Waals surface area contributed by atoms with E-state index in [1.165, 1.54) is 19.3 Å². The smallest absolute Gasteiger partial charge is 0.0388 e. The molecule has 0 aromatic heterocycles. The first kappa shape index (κ1) is 7.77. The molecule has 1 aliphatic rings. The molecule has 0 saturated carbocycles. The van der Waals surface area contributed by atoms with Crippen LogP contribution in [0, 0.1) is 11.8 Å². The first-order valence-corrected chi connectivity index (χ1v) is 4.33. The second-order valence-electron chi connectivity index (χ2n) is 3.26. The van der Waals surface area contributed by atoms with Gasteiger partial charge < -0.3 is 0 Å². The van der Waals surface area contributed by atoms with E-state index in [0.717, 1.165) is 18.4 Å². The molecule has 0 fully saturated rings. The van der Waals surface area contributed by atoms with Crippen LogP contribution in [-0.2, 0) is 0 Å². The Morgan fingerprint density at radius 3 is 3.00 bits per heavy atom. The Kier molecular flexibility index (Phi) is 2.91. The van der Waals surface area contributed by atoms with Crippen molar-refractivity contribution >= 4 is 6.21 Å². The van der Waals surface area contributed by atoms with E-state index in [4.69, 9.17) is 0 Å². The lowest BCUT2D eigenvalue weighted by atomic mass is 9.86. The zero-order valence-corrected chi connectivity index (χ0v) is 7.01. The molecular weight excluding hydrogens is 122 g/mol. The van der Waals surface area contributed by atoms with Crippen LogP contribution in [0.25, 0.3) is 0 Å². The van der Waals surface area contributed by atoms with Gasteiger partial charge in [-0.05, 0) is 30.9 Å². The first-order valence-electron chi connectivity index (χ1n) is 4.33. The standard InChI is InChI=1S/C9H17N/c1-3-8(2)9-4-6-10-7-5-9/h6,8-9H,3-5,7H2,1-2H3. The minimum Gasteiger partial charge on any atom is -0.298 e. The van der Waals surface area contributed by atoms with Crippen molar-refractivity contribution < 1.29 is 0 Å². The molecule has 0 aliphatic carbocycles. The average molecular weight is 139 g/mol. The highest BCUT2D eigenvalue weighted by molar-refractivity contribution is 5.58. The molecule has 1 heteroatoms. The van der Waals surface area contributed by atoms with E-state index in [2.05, 4.69) is 25.1 Å². The number of nitrogens with zero attached hydrogens (tertiary/aromatic N) is 1. The molecular formula is C9H17N. The van der Waals surface area contributed by atoms with Gasteiger partial charge in [-0.1, -0.05) is 20.3 Å². The SMILES string of the molecule is CCC(C)C1CC=NCC1. The van der Waals surface area contributed by atoms with Crippen LogP contribution in [-0.4, -0.2) is 12.8 Å². The predicted octanol–water partition coefficient (Wildman–Crippen LogP) is 2.51. The molecule has 1 rings (SSSR count). The van der Waals surface area contributed by atoms with Crippen LogP contribution in [0.1, 0.15) is 33.1 Å². The van der Waals surface area contributed by atoms with Gasteiger partial charge in [-0.15, -0.1) is 0 Å². The Balaban J connectivity index is 2.33. The number of hydrogen-bond acceptors (Lipinski definition) is 1. The summed E-state index contributed by atoms with van der Waals surface area (Å²) >= 11 is 0. The predicted molar refractivity (Wildman–Crippen MR) is 45.5 cm³/mol. The van der Waals surface area contributed by atoms with Crippen LogP contribution < -0.4 is 0 Å². The molecule has 58 valence electrons. The van der Waals surface area contributed by atoms with Gasteiger partial charge in [0, 0.05) is 6.54 Å². The summed E-state index contributed by atoms with van der Waals surface area (Å²) in [5.41, 5.74) is 0. The zero-order chi connectivity index (χ0) is 7.40. The fourth-order valence-electron chi connectivity index (χ4n) is 1.51. The van der Waals surface area contributed by atoms with Gasteiger partial charge in [-0.3, -0.25) is 4.99 Å². The highest BCUT2D eigenvalue weighted by atomic mass is 14.7. The lowest BCUT2D eigenvalue weighted by Gasteiger charge is -2.22. The minimum absolute atomic E-state index is 0.895. The Morgan fingerprint density at radius 2 is 2.50 bits per heavy atom. The van der Waals surface area contributed by atoms with Gasteiger partial charge in [-0.2, -0.15) is 0 Å². The van der Waals surface area contributed by atoms with Crippen LogP contribution in [0.2, 0.25) is 0 Å². The van der Waals surface area contributed by atoms with Crippen molar-refractivity contribution in [2.45, 2.75) is 33.1 Å². The van der Waals surface area contributed by atoms with E-state index in [-0.39, 0.29) is 0 Å². The number of hydrogen-bond donors (Lipinski definition) is 0. The fourth-order valence-corrected chi connectivity index (χ4v) is 1.51. The summed E-state index contributed by atoms with van der Waals surface area (Å²) in [5.74, 6) is 1.81. The second-order valence-corrected chi connectivity index (χ2v) is 3.26. The Bertz CT molecular complexity index is 118. The number of rotatable bonds is 2. The van der Waals surface area contributed by atoms with Gasteiger partial charge in [0.15, 0.2) is 0 Å². The van der Waals surface area contributed by atoms with Crippen molar-refractivity contribution in [3.8, 4) is 0 Å². The van der Waals surface area contributed by atoms with Crippen molar-refractivity contribution in [1.29, 1.82) is 0 Å². The average Bonchev–Trinajstić information content (AvgIpc) is 2.05. The lowest BCUT2D eigenvalue weighted by Crippen LogP contribution is -2.15. The molecule has 0 aromatic carbocycles. The van der Waals surface area contributed by atoms with Gasteiger partial charge in [0.1, 0.15) is 0 Å². The molecule has 0 amide bonds. The van der Waals surface area contributed by atoms with Crippen molar-refractivity contribution in [3.63, 3.8) is 0 Å². The molecule has 0 N–H and O–H groups in total. The maximum atomic E-state index is 4.22. The summed E-state index contributed by atoms with van der Waals surface area (Å²) in [7, 11) is 0. The molecule has 0 saturated heterocycles. The van der Waals surface area contributed by atoms with Crippen LogP contribution in [0.15, 0.2) is 4.99 Å². The van der Waals surface area contributed by atoms with Crippen molar-refractivity contribution in [3.05, 3.63) is 0 Å². The second kappa shape index (κ2) is 3.75. The Hall–Kier alpha value is -0.330. The summed E-state index contributed by atoms with van der Waals surface area (Å²) < 4.78 is 0. The van der Waals surface area contributed by atoms with Crippen LogP contribution in [0.5, 0.6) is 0 Å². The maximum Gasteiger partial charge on any atom is 0.0388 e. The molecule has 0 radical (unpaired) electrons. The highest BCUT2D eigenvalue weighted by Gasteiger charge is 2.15. The Labute approximate surface area is 63.5 Å². The fraction of sp³-hybridized carbons (Fsp3) is 0.889. The molecule has 1 nitrogen and oxygen atoms in total. The summed E-state index contributed by atoms with van der Waals surface area (Å²) in [4.78, 5) is 4.22. The molecule has 1 heterocycles. The molecule has 0 aromatic rings. The largest absolute Gasteiger partial charge is 0.298 e. The highest BCUT2D eigenvalue weighted by Crippen LogP contribution is 2.23. The van der Waals surface area contributed by atoms with Gasteiger partial charge >= 0.3 is 0 Å².